The van der Waals surface area contributed by atoms with Crippen LogP contribution in [0.2, 0.25) is 0 Å². The van der Waals surface area contributed by atoms with Crippen molar-refractivity contribution >= 4 is 18.0 Å². The topological polar surface area (TPSA) is 105 Å². The second kappa shape index (κ2) is 9.46. The summed E-state index contributed by atoms with van der Waals surface area (Å²) in [4.78, 5) is 39.2. The Bertz CT molecular complexity index is 1060. The van der Waals surface area contributed by atoms with E-state index in [0.717, 1.165) is 22.3 Å². The first-order valence-corrected chi connectivity index (χ1v) is 11.5. The van der Waals surface area contributed by atoms with Crippen LogP contribution in [0.5, 0.6) is 0 Å². The van der Waals surface area contributed by atoms with Crippen molar-refractivity contribution in [2.24, 2.45) is 0 Å². The van der Waals surface area contributed by atoms with Crippen LogP contribution in [-0.4, -0.2) is 65.9 Å². The third-order valence-electron chi connectivity index (χ3n) is 7.09. The van der Waals surface area contributed by atoms with E-state index in [9.17, 15) is 19.5 Å². The van der Waals surface area contributed by atoms with Crippen molar-refractivity contribution in [3.63, 3.8) is 0 Å². The smallest absolute Gasteiger partial charge is 0.407 e. The van der Waals surface area contributed by atoms with Gasteiger partial charge in [0.05, 0.1) is 6.10 Å². The Balaban J connectivity index is 1.47. The van der Waals surface area contributed by atoms with E-state index in [4.69, 9.17) is 9.47 Å². The number of carbonyl (C=O) groups is 3. The summed E-state index contributed by atoms with van der Waals surface area (Å²) in [6.07, 6.45) is -0.493. The van der Waals surface area contributed by atoms with E-state index in [2.05, 4.69) is 17.4 Å². The molecular formula is C26H30N2O6. The molecule has 2 N–H and O–H groups in total. The highest BCUT2D eigenvalue weighted by Crippen LogP contribution is 2.44. The van der Waals surface area contributed by atoms with Crippen LogP contribution in [0.3, 0.4) is 0 Å². The Morgan fingerprint density at radius 2 is 1.71 bits per heavy atom. The molecule has 1 fully saturated rings. The molecule has 2 amide bonds. The number of hydrogen-bond donors (Lipinski definition) is 2. The molecule has 180 valence electrons. The standard InChI is InChI=1S/C26H30N2O6/c1-16(33-3)22(23(29)28-14-8-13-26(28,2)24(30)31)27-25(32)34-15-21-19-11-6-4-9-17(19)18-10-5-7-12-20(18)21/h4-7,9-12,16,21-22H,8,13-15H2,1-3H3,(H,27,32)(H,30,31)/t16-,22+,26-/m1/s1. The lowest BCUT2D eigenvalue weighted by molar-refractivity contribution is -0.157. The first-order valence-electron chi connectivity index (χ1n) is 11.5. The lowest BCUT2D eigenvalue weighted by Gasteiger charge is -2.35. The predicted molar refractivity (Wildman–Crippen MR) is 125 cm³/mol. The second-order valence-electron chi connectivity index (χ2n) is 9.06. The Labute approximate surface area is 198 Å². The van der Waals surface area contributed by atoms with E-state index in [1.54, 1.807) is 6.92 Å². The number of benzene rings is 2. The molecule has 1 saturated heterocycles. The van der Waals surface area contributed by atoms with Gasteiger partial charge in [-0.1, -0.05) is 48.5 Å². The van der Waals surface area contributed by atoms with Crippen LogP contribution in [0.1, 0.15) is 43.7 Å². The first kappa shape index (κ1) is 23.8. The fraction of sp³-hybridized carbons (Fsp3) is 0.423. The van der Waals surface area contributed by atoms with Crippen molar-refractivity contribution in [1.29, 1.82) is 0 Å². The number of ether oxygens (including phenoxy) is 2. The predicted octanol–water partition coefficient (Wildman–Crippen LogP) is 3.39. The molecule has 8 nitrogen and oxygen atoms in total. The average Bonchev–Trinajstić information content (AvgIpc) is 3.39. The number of aliphatic carboxylic acids is 1. The van der Waals surface area contributed by atoms with Gasteiger partial charge in [-0.15, -0.1) is 0 Å². The lowest BCUT2D eigenvalue weighted by atomic mass is 9.98. The van der Waals surface area contributed by atoms with Gasteiger partial charge in [0.1, 0.15) is 18.2 Å². The zero-order valence-corrected chi connectivity index (χ0v) is 19.6. The minimum Gasteiger partial charge on any atom is -0.480 e. The number of methoxy groups -OCH3 is 1. The number of alkyl carbamates (subject to hydrolysis) is 1. The molecule has 2 aliphatic rings. The summed E-state index contributed by atoms with van der Waals surface area (Å²) in [5, 5.41) is 12.3. The summed E-state index contributed by atoms with van der Waals surface area (Å²) < 4.78 is 10.9. The summed E-state index contributed by atoms with van der Waals surface area (Å²) in [6, 6.07) is 15.0. The van der Waals surface area contributed by atoms with E-state index in [1.807, 2.05) is 36.4 Å². The van der Waals surface area contributed by atoms with E-state index in [0.29, 0.717) is 19.4 Å². The molecule has 1 aliphatic carbocycles. The highest BCUT2D eigenvalue weighted by atomic mass is 16.5. The van der Waals surface area contributed by atoms with Gasteiger partial charge in [0.15, 0.2) is 0 Å². The quantitative estimate of drug-likeness (QED) is 0.648. The molecule has 0 saturated carbocycles. The number of nitrogens with zero attached hydrogens (tertiary/aromatic N) is 1. The van der Waals surface area contributed by atoms with Gasteiger partial charge in [0.2, 0.25) is 5.91 Å². The molecule has 0 bridgehead atoms. The molecule has 8 heteroatoms. The molecule has 0 unspecified atom stereocenters. The van der Waals surface area contributed by atoms with Crippen molar-refractivity contribution in [1.82, 2.24) is 10.2 Å². The highest BCUT2D eigenvalue weighted by molar-refractivity contribution is 5.92. The molecule has 1 heterocycles. The minimum atomic E-state index is -1.31. The van der Waals surface area contributed by atoms with Crippen LogP contribution < -0.4 is 5.32 Å². The Morgan fingerprint density at radius 3 is 2.26 bits per heavy atom. The number of amides is 2. The first-order chi connectivity index (χ1) is 16.3. The van der Waals surface area contributed by atoms with Crippen LogP contribution in [0.4, 0.5) is 4.79 Å². The molecule has 4 rings (SSSR count). The molecule has 0 radical (unpaired) electrons. The maximum absolute atomic E-state index is 13.3. The highest BCUT2D eigenvalue weighted by Gasteiger charge is 2.48. The molecule has 2 aromatic rings. The van der Waals surface area contributed by atoms with E-state index in [-0.39, 0.29) is 12.5 Å². The molecular weight excluding hydrogens is 436 g/mol. The SMILES string of the molecule is CO[C@H](C)[C@H](NC(=O)OCC1c2ccccc2-c2ccccc21)C(=O)N1CCC[C@]1(C)C(=O)O. The summed E-state index contributed by atoms with van der Waals surface area (Å²) in [7, 11) is 1.44. The van der Waals surface area contributed by atoms with Gasteiger partial charge < -0.3 is 24.8 Å². The zero-order chi connectivity index (χ0) is 24.5. The number of carbonyl (C=O) groups excluding carboxylic acids is 2. The van der Waals surface area contributed by atoms with Gasteiger partial charge in [-0.25, -0.2) is 9.59 Å². The van der Waals surface area contributed by atoms with Crippen molar-refractivity contribution in [2.75, 3.05) is 20.3 Å². The third-order valence-corrected chi connectivity index (χ3v) is 7.09. The van der Waals surface area contributed by atoms with Gasteiger partial charge in [-0.3, -0.25) is 4.79 Å². The lowest BCUT2D eigenvalue weighted by Crippen LogP contribution is -2.60. The largest absolute Gasteiger partial charge is 0.480 e. The number of carboxylic acid groups (broad SMARTS) is 1. The fourth-order valence-corrected chi connectivity index (χ4v) is 4.99. The molecule has 34 heavy (non-hydrogen) atoms. The number of nitrogens with one attached hydrogen (secondary N) is 1. The monoisotopic (exact) mass is 466 g/mol. The zero-order valence-electron chi connectivity index (χ0n) is 19.6. The fourth-order valence-electron chi connectivity index (χ4n) is 4.99. The Kier molecular flexibility index (Phi) is 6.61. The number of likely N-dealkylation sites (tertiary alicyclic amines) is 1. The molecule has 3 atom stereocenters. The summed E-state index contributed by atoms with van der Waals surface area (Å²) in [5.41, 5.74) is 3.10. The van der Waals surface area contributed by atoms with Crippen molar-refractivity contribution in [3.8, 4) is 11.1 Å². The van der Waals surface area contributed by atoms with Crippen molar-refractivity contribution in [3.05, 3.63) is 59.7 Å². The van der Waals surface area contributed by atoms with Crippen molar-refractivity contribution < 1.29 is 29.0 Å². The molecule has 0 spiro atoms. The summed E-state index contributed by atoms with van der Waals surface area (Å²) in [6.45, 7) is 3.60. The normalized spacial score (nSPS) is 20.9. The van der Waals surface area contributed by atoms with E-state index in [1.165, 1.54) is 18.9 Å². The van der Waals surface area contributed by atoms with Gasteiger partial charge in [-0.05, 0) is 48.9 Å². The van der Waals surface area contributed by atoms with E-state index >= 15 is 0 Å². The van der Waals surface area contributed by atoms with Crippen LogP contribution in [0.25, 0.3) is 11.1 Å². The third kappa shape index (κ3) is 4.14. The van der Waals surface area contributed by atoms with Crippen LogP contribution in [0.15, 0.2) is 48.5 Å². The maximum atomic E-state index is 13.3. The molecule has 0 aromatic heterocycles. The van der Waals surface area contributed by atoms with Crippen LogP contribution in [0, 0.1) is 0 Å². The Morgan fingerprint density at radius 1 is 1.12 bits per heavy atom. The number of hydrogen-bond acceptors (Lipinski definition) is 5. The maximum Gasteiger partial charge on any atom is 0.407 e. The second-order valence-corrected chi connectivity index (χ2v) is 9.06. The minimum absolute atomic E-state index is 0.110. The Hall–Kier alpha value is -3.39. The number of carboxylic acids is 1. The van der Waals surface area contributed by atoms with Gasteiger partial charge in [-0.2, -0.15) is 0 Å². The van der Waals surface area contributed by atoms with Crippen molar-refractivity contribution in [2.45, 2.75) is 50.3 Å². The number of fused-ring (bicyclic) bond motifs is 3. The van der Waals surface area contributed by atoms with Crippen LogP contribution in [-0.2, 0) is 19.1 Å². The van der Waals surface area contributed by atoms with Gasteiger partial charge in [0.25, 0.3) is 0 Å². The van der Waals surface area contributed by atoms with E-state index < -0.39 is 35.7 Å². The average molecular weight is 467 g/mol. The van der Waals surface area contributed by atoms with Gasteiger partial charge in [0, 0.05) is 19.6 Å². The molecule has 1 aliphatic heterocycles. The summed E-state index contributed by atoms with van der Waals surface area (Å²) in [5.74, 6) is -1.67. The summed E-state index contributed by atoms with van der Waals surface area (Å²) >= 11 is 0. The van der Waals surface area contributed by atoms with Crippen LogP contribution >= 0.6 is 0 Å². The number of rotatable bonds is 7. The van der Waals surface area contributed by atoms with Gasteiger partial charge >= 0.3 is 12.1 Å². The molecule has 2 aromatic carbocycles.